The van der Waals surface area contributed by atoms with Gasteiger partial charge in [0.2, 0.25) is 0 Å². The molecule has 0 saturated carbocycles. The van der Waals surface area contributed by atoms with Gasteiger partial charge in [-0.2, -0.15) is 26.3 Å². The van der Waals surface area contributed by atoms with E-state index in [1.807, 2.05) is 30.3 Å². The van der Waals surface area contributed by atoms with Gasteiger partial charge in [-0.05, 0) is 43.3 Å². The number of hydrogen-bond donors (Lipinski definition) is 0. The van der Waals surface area contributed by atoms with Crippen LogP contribution in [0.2, 0.25) is 0 Å². The molecule has 0 amide bonds. The molecule has 1 nitrogen and oxygen atoms in total. The van der Waals surface area contributed by atoms with Gasteiger partial charge in [0.25, 0.3) is 0 Å². The van der Waals surface area contributed by atoms with Crippen LogP contribution >= 0.6 is 0 Å². The molecule has 2 aromatic carbocycles. The van der Waals surface area contributed by atoms with Crippen LogP contribution in [0.15, 0.2) is 48.5 Å². The Morgan fingerprint density at radius 2 is 1.32 bits per heavy atom. The zero-order chi connectivity index (χ0) is 18.8. The number of halogens is 6. The number of rotatable bonds is 4. The van der Waals surface area contributed by atoms with Crippen molar-refractivity contribution >= 4 is 0 Å². The third-order valence-electron chi connectivity index (χ3n) is 4.03. The third kappa shape index (κ3) is 4.98. The summed E-state index contributed by atoms with van der Waals surface area (Å²) in [6.45, 7) is 1.98. The normalized spacial score (nSPS) is 14.0. The second-order valence-corrected chi connectivity index (χ2v) is 5.92. The van der Waals surface area contributed by atoms with E-state index in [4.69, 9.17) is 0 Å². The minimum atomic E-state index is -4.84. The van der Waals surface area contributed by atoms with Gasteiger partial charge in [-0.3, -0.25) is 4.90 Å². The van der Waals surface area contributed by atoms with Crippen molar-refractivity contribution in [3.63, 3.8) is 0 Å². The molecule has 7 heteroatoms. The van der Waals surface area contributed by atoms with Crippen molar-refractivity contribution in [3.05, 3.63) is 70.8 Å². The van der Waals surface area contributed by atoms with Gasteiger partial charge in [-0.25, -0.2) is 0 Å². The lowest BCUT2D eigenvalue weighted by atomic mass is 9.99. The van der Waals surface area contributed by atoms with E-state index >= 15 is 0 Å². The van der Waals surface area contributed by atoms with Crippen LogP contribution in [0.5, 0.6) is 0 Å². The van der Waals surface area contributed by atoms with Crippen molar-refractivity contribution in [3.8, 4) is 0 Å². The van der Waals surface area contributed by atoms with Crippen molar-refractivity contribution < 1.29 is 26.3 Å². The number of alkyl halides is 6. The van der Waals surface area contributed by atoms with Crippen LogP contribution in [0, 0.1) is 0 Å². The smallest absolute Gasteiger partial charge is 0.295 e. The highest BCUT2D eigenvalue weighted by molar-refractivity contribution is 5.35. The van der Waals surface area contributed by atoms with Crippen molar-refractivity contribution in [1.82, 2.24) is 4.90 Å². The molecule has 25 heavy (non-hydrogen) atoms. The molecule has 2 aromatic rings. The van der Waals surface area contributed by atoms with E-state index in [9.17, 15) is 26.3 Å². The Hall–Kier alpha value is -2.02. The summed E-state index contributed by atoms with van der Waals surface area (Å²) >= 11 is 0. The van der Waals surface area contributed by atoms with Crippen molar-refractivity contribution in [2.24, 2.45) is 0 Å². The highest BCUT2D eigenvalue weighted by Gasteiger charge is 2.37. The predicted molar refractivity (Wildman–Crippen MR) is 82.8 cm³/mol. The molecule has 0 radical (unpaired) electrons. The predicted octanol–water partition coefficient (Wildman–Crippen LogP) is 5.92. The summed E-state index contributed by atoms with van der Waals surface area (Å²) in [5.41, 5.74) is -1.70. The first kappa shape index (κ1) is 19.3. The summed E-state index contributed by atoms with van der Waals surface area (Å²) in [6, 6.07) is 10.2. The van der Waals surface area contributed by atoms with Gasteiger partial charge in [0, 0.05) is 12.6 Å². The zero-order valence-corrected chi connectivity index (χ0v) is 13.6. The average molecular weight is 361 g/mol. The standard InChI is InChI=1S/C18H17F6N/c1-12(25(2)11-13-6-4-3-5-7-13)14-8-15(17(19,20)21)10-16(9-14)18(22,23)24/h3-10,12H,11H2,1-2H3. The molecular formula is C18H17F6N. The Morgan fingerprint density at radius 1 is 0.840 bits per heavy atom. The van der Waals surface area contributed by atoms with E-state index in [2.05, 4.69) is 0 Å². The van der Waals surface area contributed by atoms with Crippen LogP contribution in [-0.4, -0.2) is 11.9 Å². The van der Waals surface area contributed by atoms with E-state index in [1.165, 1.54) is 0 Å². The molecule has 0 aliphatic carbocycles. The Morgan fingerprint density at radius 3 is 1.76 bits per heavy atom. The molecule has 0 N–H and O–H groups in total. The SMILES string of the molecule is CC(c1cc(C(F)(F)F)cc(C(F)(F)F)c1)N(C)Cc1ccccc1. The van der Waals surface area contributed by atoms with Crippen LogP contribution in [0.1, 0.15) is 35.2 Å². The van der Waals surface area contributed by atoms with Gasteiger partial charge in [-0.15, -0.1) is 0 Å². The Kier molecular flexibility index (Phi) is 5.46. The second-order valence-electron chi connectivity index (χ2n) is 5.92. The van der Waals surface area contributed by atoms with Crippen LogP contribution in [-0.2, 0) is 18.9 Å². The van der Waals surface area contributed by atoms with Crippen molar-refractivity contribution in [1.29, 1.82) is 0 Å². The maximum Gasteiger partial charge on any atom is 0.416 e. The summed E-state index contributed by atoms with van der Waals surface area (Å²) < 4.78 is 77.8. The van der Waals surface area contributed by atoms with Gasteiger partial charge in [0.15, 0.2) is 0 Å². The third-order valence-corrected chi connectivity index (χ3v) is 4.03. The van der Waals surface area contributed by atoms with Crippen LogP contribution in [0.3, 0.4) is 0 Å². The topological polar surface area (TPSA) is 3.24 Å². The summed E-state index contributed by atoms with van der Waals surface area (Å²) in [6.07, 6.45) is -9.68. The van der Waals surface area contributed by atoms with Gasteiger partial charge >= 0.3 is 12.4 Å². The van der Waals surface area contributed by atoms with E-state index in [0.717, 1.165) is 17.7 Å². The fraction of sp³-hybridized carbons (Fsp3) is 0.333. The minimum Gasteiger partial charge on any atom is -0.295 e. The van der Waals surface area contributed by atoms with E-state index < -0.39 is 29.5 Å². The van der Waals surface area contributed by atoms with Gasteiger partial charge in [0.1, 0.15) is 0 Å². The minimum absolute atomic E-state index is 0.0272. The Balaban J connectivity index is 2.36. The largest absolute Gasteiger partial charge is 0.416 e. The molecule has 0 saturated heterocycles. The molecule has 0 aliphatic heterocycles. The van der Waals surface area contributed by atoms with Crippen LogP contribution in [0.4, 0.5) is 26.3 Å². The van der Waals surface area contributed by atoms with Crippen LogP contribution in [0.25, 0.3) is 0 Å². The maximum atomic E-state index is 13.0. The second kappa shape index (κ2) is 7.07. The maximum absolute atomic E-state index is 13.0. The van der Waals surface area contributed by atoms with E-state index in [0.29, 0.717) is 6.54 Å². The number of hydrogen-bond acceptors (Lipinski definition) is 1. The lowest BCUT2D eigenvalue weighted by molar-refractivity contribution is -0.143. The Bertz CT molecular complexity index is 673. The first-order chi connectivity index (χ1) is 11.5. The number of nitrogens with zero attached hydrogens (tertiary/aromatic N) is 1. The molecular weight excluding hydrogens is 344 g/mol. The van der Waals surface area contributed by atoms with Crippen LogP contribution < -0.4 is 0 Å². The summed E-state index contributed by atoms with van der Waals surface area (Å²) in [5.74, 6) is 0. The summed E-state index contributed by atoms with van der Waals surface area (Å²) in [5, 5.41) is 0. The number of benzene rings is 2. The molecule has 0 aromatic heterocycles. The Labute approximate surface area is 141 Å². The van der Waals surface area contributed by atoms with Crippen molar-refractivity contribution in [2.45, 2.75) is 31.9 Å². The first-order valence-corrected chi connectivity index (χ1v) is 7.52. The molecule has 0 spiro atoms. The van der Waals surface area contributed by atoms with Gasteiger partial charge < -0.3 is 0 Å². The molecule has 0 heterocycles. The molecule has 0 bridgehead atoms. The fourth-order valence-electron chi connectivity index (χ4n) is 2.48. The van der Waals surface area contributed by atoms with E-state index in [1.54, 1.807) is 18.9 Å². The molecule has 1 atom stereocenters. The fourth-order valence-corrected chi connectivity index (χ4v) is 2.48. The average Bonchev–Trinajstić information content (AvgIpc) is 2.53. The zero-order valence-electron chi connectivity index (χ0n) is 13.6. The first-order valence-electron chi connectivity index (χ1n) is 7.52. The lowest BCUT2D eigenvalue weighted by Crippen LogP contribution is -2.23. The molecule has 1 unspecified atom stereocenters. The highest BCUT2D eigenvalue weighted by Crippen LogP contribution is 2.38. The highest BCUT2D eigenvalue weighted by atomic mass is 19.4. The van der Waals surface area contributed by atoms with E-state index in [-0.39, 0.29) is 11.6 Å². The lowest BCUT2D eigenvalue weighted by Gasteiger charge is -2.26. The van der Waals surface area contributed by atoms with Gasteiger partial charge in [0.05, 0.1) is 11.1 Å². The molecule has 2 rings (SSSR count). The van der Waals surface area contributed by atoms with Crippen molar-refractivity contribution in [2.75, 3.05) is 7.05 Å². The molecule has 0 fully saturated rings. The molecule has 136 valence electrons. The van der Waals surface area contributed by atoms with Gasteiger partial charge in [-0.1, -0.05) is 30.3 Å². The summed E-state index contributed by atoms with van der Waals surface area (Å²) in [7, 11) is 1.66. The monoisotopic (exact) mass is 361 g/mol. The quantitative estimate of drug-likeness (QED) is 0.611. The molecule has 0 aliphatic rings. The summed E-state index contributed by atoms with van der Waals surface area (Å²) in [4.78, 5) is 1.70.